The molecule has 0 aromatic carbocycles. The van der Waals surface area contributed by atoms with Crippen LogP contribution in [-0.2, 0) is 0 Å². The van der Waals surface area contributed by atoms with E-state index in [0.717, 1.165) is 23.1 Å². The maximum atomic E-state index is 11.7. The third kappa shape index (κ3) is 2.41. The molecule has 7 nitrogen and oxygen atoms in total. The second-order valence-electron chi connectivity index (χ2n) is 4.05. The minimum absolute atomic E-state index is 0.224. The summed E-state index contributed by atoms with van der Waals surface area (Å²) in [6.45, 7) is 1.71. The Hall–Kier alpha value is -2.26. The van der Waals surface area contributed by atoms with Gasteiger partial charge >= 0.3 is 5.97 Å². The predicted molar refractivity (Wildman–Crippen MR) is 78.1 cm³/mol. The number of H-pyrrole nitrogens is 1. The number of aromatic carboxylic acids is 1. The predicted octanol–water partition coefficient (Wildman–Crippen LogP) is 1.93. The summed E-state index contributed by atoms with van der Waals surface area (Å²) in [5, 5.41) is 10.6. The number of aromatic amines is 1. The topological polar surface area (TPSA) is 109 Å². The highest BCUT2D eigenvalue weighted by Gasteiger charge is 2.19. The first kappa shape index (κ1) is 13.7. The van der Waals surface area contributed by atoms with Gasteiger partial charge in [0.25, 0.3) is 5.56 Å². The Kier molecular flexibility index (Phi) is 3.43. The summed E-state index contributed by atoms with van der Waals surface area (Å²) >= 11 is 2.18. The van der Waals surface area contributed by atoms with Crippen molar-refractivity contribution >= 4 is 39.3 Å². The number of nitrogens with zero attached hydrogens (tertiary/aromatic N) is 3. The van der Waals surface area contributed by atoms with Crippen molar-refractivity contribution in [3.05, 3.63) is 39.5 Å². The molecular weight excluding hydrogens is 312 g/mol. The molecule has 3 aromatic rings. The lowest BCUT2D eigenvalue weighted by atomic mass is 10.2. The van der Waals surface area contributed by atoms with Gasteiger partial charge in [0.2, 0.25) is 0 Å². The zero-order valence-electron chi connectivity index (χ0n) is 10.7. The van der Waals surface area contributed by atoms with E-state index in [9.17, 15) is 14.7 Å². The number of thiophene rings is 1. The average molecular weight is 320 g/mol. The molecule has 0 aliphatic heterocycles. The van der Waals surface area contributed by atoms with Gasteiger partial charge in [-0.15, -0.1) is 11.3 Å². The first-order valence-electron chi connectivity index (χ1n) is 5.77. The summed E-state index contributed by atoms with van der Waals surface area (Å²) in [4.78, 5) is 38.5. The van der Waals surface area contributed by atoms with Crippen molar-refractivity contribution in [2.24, 2.45) is 0 Å². The molecule has 0 fully saturated rings. The molecule has 9 heteroatoms. The molecule has 2 N–H and O–H groups in total. The number of carboxylic acids is 1. The fourth-order valence-corrected chi connectivity index (χ4v) is 3.78. The van der Waals surface area contributed by atoms with Crippen molar-refractivity contribution < 1.29 is 9.90 Å². The lowest BCUT2D eigenvalue weighted by Gasteiger charge is -2.01. The molecule has 3 heterocycles. The molecule has 0 spiro atoms. The second-order valence-corrected chi connectivity index (χ2v) is 6.02. The molecule has 106 valence electrons. The van der Waals surface area contributed by atoms with E-state index in [1.54, 1.807) is 6.92 Å². The lowest BCUT2D eigenvalue weighted by molar-refractivity contribution is 0.0701. The first-order valence-corrected chi connectivity index (χ1v) is 7.40. The van der Waals surface area contributed by atoms with Crippen molar-refractivity contribution in [3.63, 3.8) is 0 Å². The van der Waals surface area contributed by atoms with Crippen LogP contribution in [0.2, 0.25) is 0 Å². The van der Waals surface area contributed by atoms with Crippen molar-refractivity contribution in [2.45, 2.75) is 17.0 Å². The van der Waals surface area contributed by atoms with Crippen LogP contribution in [0.25, 0.3) is 10.2 Å². The molecule has 3 aromatic heterocycles. The smallest absolute Gasteiger partial charge is 0.346 e. The summed E-state index contributed by atoms with van der Waals surface area (Å²) < 4.78 is 0. The van der Waals surface area contributed by atoms with Crippen molar-refractivity contribution in [2.75, 3.05) is 0 Å². The number of rotatable bonds is 3. The van der Waals surface area contributed by atoms with Gasteiger partial charge < -0.3 is 10.1 Å². The van der Waals surface area contributed by atoms with Crippen LogP contribution in [0.1, 0.15) is 15.2 Å². The zero-order valence-corrected chi connectivity index (χ0v) is 12.3. The van der Waals surface area contributed by atoms with Gasteiger partial charge in [-0.3, -0.25) is 4.79 Å². The van der Waals surface area contributed by atoms with Crippen LogP contribution < -0.4 is 5.56 Å². The Morgan fingerprint density at radius 2 is 2.14 bits per heavy atom. The monoisotopic (exact) mass is 320 g/mol. The van der Waals surface area contributed by atoms with E-state index in [0.29, 0.717) is 20.8 Å². The largest absolute Gasteiger partial charge is 0.477 e. The van der Waals surface area contributed by atoms with Gasteiger partial charge in [-0.25, -0.2) is 19.7 Å². The zero-order chi connectivity index (χ0) is 15.0. The number of carboxylic acid groups (broad SMARTS) is 1. The van der Waals surface area contributed by atoms with Gasteiger partial charge in [-0.1, -0.05) is 0 Å². The van der Waals surface area contributed by atoms with Gasteiger partial charge in [-0.2, -0.15) is 0 Å². The van der Waals surface area contributed by atoms with E-state index in [1.807, 2.05) is 0 Å². The Bertz CT molecular complexity index is 903. The van der Waals surface area contributed by atoms with Crippen LogP contribution in [-0.4, -0.2) is 31.0 Å². The molecule has 0 aliphatic carbocycles. The average Bonchev–Trinajstić information content (AvgIpc) is 2.80. The number of aromatic nitrogens is 4. The maximum Gasteiger partial charge on any atom is 0.346 e. The van der Waals surface area contributed by atoms with E-state index in [1.165, 1.54) is 18.7 Å². The minimum atomic E-state index is -0.998. The molecule has 0 radical (unpaired) electrons. The van der Waals surface area contributed by atoms with Crippen LogP contribution in [0.3, 0.4) is 0 Å². The van der Waals surface area contributed by atoms with E-state index >= 15 is 0 Å². The molecule has 0 unspecified atom stereocenters. The summed E-state index contributed by atoms with van der Waals surface area (Å²) in [6, 6.07) is 0. The summed E-state index contributed by atoms with van der Waals surface area (Å²) in [6.07, 6.45) is 4.27. The minimum Gasteiger partial charge on any atom is -0.477 e. The molecular formula is C12H8N4O3S2. The third-order valence-corrected chi connectivity index (χ3v) is 4.93. The van der Waals surface area contributed by atoms with Crippen LogP contribution in [0.4, 0.5) is 0 Å². The molecule has 21 heavy (non-hydrogen) atoms. The number of aryl methyl sites for hydroxylation is 1. The van der Waals surface area contributed by atoms with Crippen LogP contribution in [0.15, 0.2) is 33.6 Å². The Morgan fingerprint density at radius 1 is 1.33 bits per heavy atom. The normalized spacial score (nSPS) is 10.9. The van der Waals surface area contributed by atoms with E-state index < -0.39 is 5.97 Å². The van der Waals surface area contributed by atoms with Crippen LogP contribution in [0.5, 0.6) is 0 Å². The number of hydrogen-bond acceptors (Lipinski definition) is 7. The Labute approximate surface area is 126 Å². The Balaban J connectivity index is 2.17. The molecule has 0 amide bonds. The summed E-state index contributed by atoms with van der Waals surface area (Å²) in [5.74, 6) is -0.998. The highest BCUT2D eigenvalue weighted by atomic mass is 32.2. The summed E-state index contributed by atoms with van der Waals surface area (Å²) in [5.41, 5.74) is 0.276. The highest BCUT2D eigenvalue weighted by Crippen LogP contribution is 2.36. The van der Waals surface area contributed by atoms with Gasteiger partial charge in [-0.05, 0) is 24.2 Å². The fourth-order valence-electron chi connectivity index (χ4n) is 1.82. The van der Waals surface area contributed by atoms with Gasteiger partial charge in [0.1, 0.15) is 21.1 Å². The summed E-state index contributed by atoms with van der Waals surface area (Å²) in [7, 11) is 0. The molecule has 0 atom stereocenters. The standard InChI is InChI=1S/C12H8N4O3S2/c1-5-6-9(20-7(5)12(18)19)15-4-16-10(6)21-11-8(17)13-2-3-14-11/h2-4H,1H3,(H,13,17)(H,18,19). The van der Waals surface area contributed by atoms with Gasteiger partial charge in [0.15, 0.2) is 5.03 Å². The SMILES string of the molecule is Cc1c(C(=O)O)sc2ncnc(Sc3ncc[nH]c3=O)c12. The third-order valence-electron chi connectivity index (χ3n) is 2.75. The van der Waals surface area contributed by atoms with E-state index in [-0.39, 0.29) is 15.5 Å². The van der Waals surface area contributed by atoms with E-state index in [4.69, 9.17) is 0 Å². The second kappa shape index (κ2) is 5.26. The molecule has 0 bridgehead atoms. The number of fused-ring (bicyclic) bond motifs is 1. The molecule has 0 aliphatic rings. The van der Waals surface area contributed by atoms with Gasteiger partial charge in [0, 0.05) is 17.8 Å². The first-order chi connectivity index (χ1) is 10.1. The number of hydrogen-bond donors (Lipinski definition) is 2. The van der Waals surface area contributed by atoms with Gasteiger partial charge in [0.05, 0.1) is 0 Å². The molecule has 3 rings (SSSR count). The maximum absolute atomic E-state index is 11.7. The highest BCUT2D eigenvalue weighted by molar-refractivity contribution is 7.99. The number of nitrogens with one attached hydrogen (secondary N) is 1. The quantitative estimate of drug-likeness (QED) is 0.710. The fraction of sp³-hybridized carbons (Fsp3) is 0.0833. The molecule has 0 saturated carbocycles. The lowest BCUT2D eigenvalue weighted by Crippen LogP contribution is -2.08. The Morgan fingerprint density at radius 3 is 2.86 bits per heavy atom. The molecule has 0 saturated heterocycles. The van der Waals surface area contributed by atoms with Crippen molar-refractivity contribution in [3.8, 4) is 0 Å². The van der Waals surface area contributed by atoms with Crippen molar-refractivity contribution in [1.29, 1.82) is 0 Å². The number of carbonyl (C=O) groups is 1. The van der Waals surface area contributed by atoms with E-state index in [2.05, 4.69) is 19.9 Å². The van der Waals surface area contributed by atoms with Crippen molar-refractivity contribution in [1.82, 2.24) is 19.9 Å². The van der Waals surface area contributed by atoms with Crippen LogP contribution >= 0.6 is 23.1 Å². The van der Waals surface area contributed by atoms with Crippen LogP contribution in [0, 0.1) is 6.92 Å².